The number of hydrogen-bond acceptors (Lipinski definition) is 4. The minimum atomic E-state index is -0.295. The molecular weight excluding hydrogens is 355 g/mol. The molecular formula is C22H21FN4O. The van der Waals surface area contributed by atoms with Crippen molar-refractivity contribution in [1.82, 2.24) is 4.98 Å². The van der Waals surface area contributed by atoms with Crippen LogP contribution in [0.1, 0.15) is 23.3 Å². The van der Waals surface area contributed by atoms with Crippen LogP contribution in [0.2, 0.25) is 0 Å². The van der Waals surface area contributed by atoms with Gasteiger partial charge in [0.2, 0.25) is 0 Å². The minimum Gasteiger partial charge on any atom is -0.372 e. The molecule has 0 bridgehead atoms. The van der Waals surface area contributed by atoms with Gasteiger partial charge < -0.3 is 15.5 Å². The molecule has 2 heterocycles. The van der Waals surface area contributed by atoms with Gasteiger partial charge in [-0.1, -0.05) is 0 Å². The van der Waals surface area contributed by atoms with Gasteiger partial charge in [0.1, 0.15) is 11.5 Å². The van der Waals surface area contributed by atoms with E-state index in [1.165, 1.54) is 30.7 Å². The predicted octanol–water partition coefficient (Wildman–Crippen LogP) is 4.82. The van der Waals surface area contributed by atoms with E-state index >= 15 is 0 Å². The number of amides is 1. The van der Waals surface area contributed by atoms with E-state index in [0.29, 0.717) is 11.4 Å². The third-order valence-electron chi connectivity index (χ3n) is 4.72. The van der Waals surface area contributed by atoms with Crippen LogP contribution in [0.15, 0.2) is 66.9 Å². The van der Waals surface area contributed by atoms with E-state index in [0.717, 1.165) is 24.5 Å². The number of carbonyl (C=O) groups is 1. The van der Waals surface area contributed by atoms with Crippen LogP contribution in [0, 0.1) is 5.82 Å². The van der Waals surface area contributed by atoms with Crippen LogP contribution in [0.25, 0.3) is 0 Å². The van der Waals surface area contributed by atoms with Crippen molar-refractivity contribution in [3.05, 3.63) is 78.4 Å². The van der Waals surface area contributed by atoms with Crippen molar-refractivity contribution in [3.8, 4) is 0 Å². The maximum atomic E-state index is 13.0. The van der Waals surface area contributed by atoms with Crippen molar-refractivity contribution in [2.24, 2.45) is 0 Å². The SMILES string of the molecule is O=C(Nc1ccc(N2CCCC2)cc1)c1cc(Nc2ccc(F)cc2)ccn1. The first-order valence-corrected chi connectivity index (χ1v) is 9.32. The summed E-state index contributed by atoms with van der Waals surface area (Å²) in [4.78, 5) is 19.0. The highest BCUT2D eigenvalue weighted by Crippen LogP contribution is 2.23. The van der Waals surface area contributed by atoms with E-state index in [1.54, 1.807) is 30.5 Å². The van der Waals surface area contributed by atoms with Crippen molar-refractivity contribution >= 4 is 28.7 Å². The average molecular weight is 376 g/mol. The molecule has 1 aliphatic heterocycles. The van der Waals surface area contributed by atoms with Gasteiger partial charge in [0.15, 0.2) is 0 Å². The highest BCUT2D eigenvalue weighted by molar-refractivity contribution is 6.03. The summed E-state index contributed by atoms with van der Waals surface area (Å²) in [6.07, 6.45) is 4.02. The van der Waals surface area contributed by atoms with Gasteiger partial charge in [-0.25, -0.2) is 4.39 Å². The molecule has 1 aliphatic rings. The molecule has 0 atom stereocenters. The lowest BCUT2D eigenvalue weighted by molar-refractivity contribution is 0.102. The number of halogens is 1. The van der Waals surface area contributed by atoms with Crippen molar-refractivity contribution in [1.29, 1.82) is 0 Å². The fourth-order valence-corrected chi connectivity index (χ4v) is 3.26. The maximum absolute atomic E-state index is 13.0. The Balaban J connectivity index is 1.42. The fourth-order valence-electron chi connectivity index (χ4n) is 3.26. The van der Waals surface area contributed by atoms with Crippen molar-refractivity contribution in [2.75, 3.05) is 28.6 Å². The Kier molecular flexibility index (Phi) is 5.19. The van der Waals surface area contributed by atoms with Crippen molar-refractivity contribution in [2.45, 2.75) is 12.8 Å². The summed E-state index contributed by atoms with van der Waals surface area (Å²) >= 11 is 0. The van der Waals surface area contributed by atoms with E-state index < -0.39 is 0 Å². The molecule has 6 heteroatoms. The third-order valence-corrected chi connectivity index (χ3v) is 4.72. The van der Waals surface area contributed by atoms with E-state index in [-0.39, 0.29) is 11.7 Å². The van der Waals surface area contributed by atoms with Gasteiger partial charge >= 0.3 is 0 Å². The lowest BCUT2D eigenvalue weighted by Gasteiger charge is -2.17. The van der Waals surface area contributed by atoms with Gasteiger partial charge in [0.25, 0.3) is 5.91 Å². The first-order valence-electron chi connectivity index (χ1n) is 9.32. The van der Waals surface area contributed by atoms with Crippen LogP contribution in [0.3, 0.4) is 0 Å². The highest BCUT2D eigenvalue weighted by Gasteiger charge is 2.13. The summed E-state index contributed by atoms with van der Waals surface area (Å²) in [5, 5.41) is 6.01. The predicted molar refractivity (Wildman–Crippen MR) is 110 cm³/mol. The highest BCUT2D eigenvalue weighted by atomic mass is 19.1. The molecule has 0 aliphatic carbocycles. The summed E-state index contributed by atoms with van der Waals surface area (Å²) in [6.45, 7) is 2.17. The lowest BCUT2D eigenvalue weighted by Crippen LogP contribution is -2.17. The van der Waals surface area contributed by atoms with Gasteiger partial charge in [0, 0.05) is 42.0 Å². The van der Waals surface area contributed by atoms with Crippen LogP contribution in [-0.4, -0.2) is 24.0 Å². The Morgan fingerprint density at radius 1 is 0.893 bits per heavy atom. The van der Waals surface area contributed by atoms with E-state index in [4.69, 9.17) is 0 Å². The summed E-state index contributed by atoms with van der Waals surface area (Å²) in [7, 11) is 0. The van der Waals surface area contributed by atoms with Crippen molar-refractivity contribution in [3.63, 3.8) is 0 Å². The third kappa shape index (κ3) is 4.28. The molecule has 142 valence electrons. The first kappa shape index (κ1) is 18.0. The zero-order valence-corrected chi connectivity index (χ0v) is 15.4. The number of benzene rings is 2. The Labute approximate surface area is 163 Å². The summed E-state index contributed by atoms with van der Waals surface area (Å²) in [5.74, 6) is -0.576. The van der Waals surface area contributed by atoms with Crippen LogP contribution in [0.4, 0.5) is 27.1 Å². The summed E-state index contributed by atoms with van der Waals surface area (Å²) in [5.41, 5.74) is 3.65. The largest absolute Gasteiger partial charge is 0.372 e. The van der Waals surface area contributed by atoms with Gasteiger partial charge in [-0.2, -0.15) is 0 Å². The quantitative estimate of drug-likeness (QED) is 0.670. The van der Waals surface area contributed by atoms with Crippen LogP contribution >= 0.6 is 0 Å². The van der Waals surface area contributed by atoms with E-state index in [1.807, 2.05) is 24.3 Å². The topological polar surface area (TPSA) is 57.3 Å². The number of rotatable bonds is 5. The Bertz CT molecular complexity index is 951. The maximum Gasteiger partial charge on any atom is 0.274 e. The molecule has 28 heavy (non-hydrogen) atoms. The van der Waals surface area contributed by atoms with E-state index in [2.05, 4.69) is 20.5 Å². The molecule has 3 aromatic rings. The molecule has 0 unspecified atom stereocenters. The van der Waals surface area contributed by atoms with Gasteiger partial charge in [-0.3, -0.25) is 9.78 Å². The van der Waals surface area contributed by atoms with Crippen molar-refractivity contribution < 1.29 is 9.18 Å². The van der Waals surface area contributed by atoms with Gasteiger partial charge in [0.05, 0.1) is 0 Å². The molecule has 1 fully saturated rings. The fraction of sp³-hybridized carbons (Fsp3) is 0.182. The second-order valence-corrected chi connectivity index (χ2v) is 6.76. The lowest BCUT2D eigenvalue weighted by atomic mass is 10.2. The Hall–Kier alpha value is -3.41. The first-order chi connectivity index (χ1) is 13.7. The smallest absolute Gasteiger partial charge is 0.274 e. The molecule has 4 rings (SSSR count). The zero-order valence-electron chi connectivity index (χ0n) is 15.4. The molecule has 2 N–H and O–H groups in total. The van der Waals surface area contributed by atoms with E-state index in [9.17, 15) is 9.18 Å². The molecule has 0 spiro atoms. The van der Waals surface area contributed by atoms with Crippen LogP contribution in [-0.2, 0) is 0 Å². The number of hydrogen-bond donors (Lipinski definition) is 2. The summed E-state index contributed by atoms with van der Waals surface area (Å²) < 4.78 is 13.0. The monoisotopic (exact) mass is 376 g/mol. The second kappa shape index (κ2) is 8.08. The average Bonchev–Trinajstić information content (AvgIpc) is 3.25. The normalized spacial score (nSPS) is 13.4. The number of carbonyl (C=O) groups excluding carboxylic acids is 1. The number of pyridine rings is 1. The number of anilines is 4. The summed E-state index contributed by atoms with van der Waals surface area (Å²) in [6, 6.07) is 17.3. The molecule has 1 saturated heterocycles. The molecule has 5 nitrogen and oxygen atoms in total. The molecule has 2 aromatic carbocycles. The number of nitrogens with zero attached hydrogens (tertiary/aromatic N) is 2. The Morgan fingerprint density at radius 2 is 1.57 bits per heavy atom. The van der Waals surface area contributed by atoms with Gasteiger partial charge in [-0.15, -0.1) is 0 Å². The molecule has 1 amide bonds. The van der Waals surface area contributed by atoms with Gasteiger partial charge in [-0.05, 0) is 73.5 Å². The van der Waals surface area contributed by atoms with Crippen LogP contribution < -0.4 is 15.5 Å². The zero-order chi connectivity index (χ0) is 19.3. The van der Waals surface area contributed by atoms with Crippen LogP contribution in [0.5, 0.6) is 0 Å². The molecule has 1 aromatic heterocycles. The second-order valence-electron chi connectivity index (χ2n) is 6.76. The standard InChI is InChI=1S/C22H21FN4O/c23-16-3-5-17(6-4-16)25-19-11-12-24-21(15-19)22(28)26-18-7-9-20(10-8-18)27-13-1-2-14-27/h3-12,15H,1-2,13-14H2,(H,24,25)(H,26,28). The number of nitrogens with one attached hydrogen (secondary N) is 2. The minimum absolute atomic E-state index is 0.281. The number of aromatic nitrogens is 1. The Morgan fingerprint density at radius 3 is 2.29 bits per heavy atom. The molecule has 0 radical (unpaired) electrons. The molecule has 0 saturated carbocycles.